The van der Waals surface area contributed by atoms with Gasteiger partial charge in [0.05, 0.1) is 6.61 Å². The number of hydrogen-bond donors (Lipinski definition) is 0. The van der Waals surface area contributed by atoms with Gasteiger partial charge in [-0.2, -0.15) is 0 Å². The Hall–Kier alpha value is -1.48. The molecule has 0 radical (unpaired) electrons. The summed E-state index contributed by atoms with van der Waals surface area (Å²) in [5.41, 5.74) is 0.159. The van der Waals surface area contributed by atoms with E-state index in [2.05, 4.69) is 0 Å². The van der Waals surface area contributed by atoms with E-state index in [4.69, 9.17) is 9.15 Å². The first-order valence-corrected chi connectivity index (χ1v) is 4.47. The summed E-state index contributed by atoms with van der Waals surface area (Å²) in [4.78, 5) is 11.3. The molecule has 0 aliphatic carbocycles. The van der Waals surface area contributed by atoms with Crippen LogP contribution in [0.3, 0.4) is 0 Å². The molecule has 1 aromatic carbocycles. The summed E-state index contributed by atoms with van der Waals surface area (Å²) in [5.74, 6) is 0.270. The normalized spacial score (nSPS) is 9.67. The topological polar surface area (TPSA) is 39.4 Å². The molecule has 4 heteroatoms. The molecule has 0 atom stereocenters. The van der Waals surface area contributed by atoms with Crippen LogP contribution in [0.5, 0.6) is 5.75 Å². The molecule has 0 saturated heterocycles. The maximum absolute atomic E-state index is 11.3. The largest absolute Gasteiger partial charge is 0.487 e. The first-order chi connectivity index (χ1) is 6.81. The molecule has 0 amide bonds. The minimum atomic E-state index is -0.425. The summed E-state index contributed by atoms with van der Waals surface area (Å²) in [7, 11) is 0. The molecule has 2 aromatic rings. The number of benzene rings is 1. The quantitative estimate of drug-likeness (QED) is 0.739. The van der Waals surface area contributed by atoms with Crippen molar-refractivity contribution in [3.63, 3.8) is 0 Å². The molecule has 3 nitrogen and oxygen atoms in total. The fraction of sp³-hybridized carbons (Fsp3) is 0.182. The van der Waals surface area contributed by atoms with Gasteiger partial charge in [-0.1, -0.05) is 18.2 Å². The van der Waals surface area contributed by atoms with Gasteiger partial charge < -0.3 is 9.15 Å². The minimum absolute atomic E-state index is 0. The molecule has 80 valence electrons. The van der Waals surface area contributed by atoms with Gasteiger partial charge in [-0.3, -0.25) is 0 Å². The van der Waals surface area contributed by atoms with E-state index in [0.29, 0.717) is 12.2 Å². The Morgan fingerprint density at radius 1 is 1.33 bits per heavy atom. The van der Waals surface area contributed by atoms with Gasteiger partial charge in [0.25, 0.3) is 0 Å². The van der Waals surface area contributed by atoms with Gasteiger partial charge in [-0.25, -0.2) is 4.79 Å². The molecule has 0 fully saturated rings. The summed E-state index contributed by atoms with van der Waals surface area (Å²) >= 11 is 0. The zero-order valence-corrected chi connectivity index (χ0v) is 9.04. The maximum Gasteiger partial charge on any atom is 0.379 e. The Kier molecular flexibility index (Phi) is 3.74. The minimum Gasteiger partial charge on any atom is -0.487 e. The average molecular weight is 227 g/mol. The van der Waals surface area contributed by atoms with E-state index in [0.717, 1.165) is 5.39 Å². The molecule has 0 aliphatic rings. The van der Waals surface area contributed by atoms with Gasteiger partial charge in [0, 0.05) is 5.39 Å². The second-order valence-electron chi connectivity index (χ2n) is 2.87. The summed E-state index contributed by atoms with van der Waals surface area (Å²) in [6, 6.07) is 9.04. The van der Waals surface area contributed by atoms with E-state index in [1.807, 2.05) is 25.1 Å². The predicted octanol–water partition coefficient (Wildman–Crippen LogP) is 2.61. The predicted molar refractivity (Wildman–Crippen MR) is 60.9 cm³/mol. The van der Waals surface area contributed by atoms with Crippen molar-refractivity contribution >= 4 is 23.4 Å². The highest BCUT2D eigenvalue weighted by molar-refractivity contribution is 5.85. The van der Waals surface area contributed by atoms with Crippen LogP contribution >= 0.6 is 12.4 Å². The third-order valence-corrected chi connectivity index (χ3v) is 1.91. The standard InChI is InChI=1S/C11H10O3.ClH/c1-2-13-10-7-8-5-3-4-6-9(8)14-11(10)12;/h3-7H,2H2,1H3;1H. The summed E-state index contributed by atoms with van der Waals surface area (Å²) in [5, 5.41) is 0.871. The molecule has 0 saturated carbocycles. The highest BCUT2D eigenvalue weighted by atomic mass is 35.5. The summed E-state index contributed by atoms with van der Waals surface area (Å²) in [6.07, 6.45) is 0. The van der Waals surface area contributed by atoms with E-state index in [9.17, 15) is 4.79 Å². The van der Waals surface area contributed by atoms with Crippen LogP contribution in [0.25, 0.3) is 11.0 Å². The van der Waals surface area contributed by atoms with E-state index >= 15 is 0 Å². The van der Waals surface area contributed by atoms with Crippen LogP contribution in [0.4, 0.5) is 0 Å². The fourth-order valence-corrected chi connectivity index (χ4v) is 1.30. The van der Waals surface area contributed by atoms with Crippen LogP contribution in [-0.2, 0) is 0 Å². The molecule has 0 spiro atoms. The Morgan fingerprint density at radius 3 is 2.80 bits per heavy atom. The van der Waals surface area contributed by atoms with Crippen LogP contribution < -0.4 is 10.4 Å². The smallest absolute Gasteiger partial charge is 0.379 e. The van der Waals surface area contributed by atoms with Gasteiger partial charge in [0.15, 0.2) is 0 Å². The van der Waals surface area contributed by atoms with Crippen LogP contribution in [0, 0.1) is 0 Å². The highest BCUT2D eigenvalue weighted by Gasteiger charge is 2.04. The molecule has 1 heterocycles. The van der Waals surface area contributed by atoms with Crippen molar-refractivity contribution in [2.75, 3.05) is 6.61 Å². The number of hydrogen-bond acceptors (Lipinski definition) is 3. The van der Waals surface area contributed by atoms with E-state index in [1.165, 1.54) is 0 Å². The zero-order valence-electron chi connectivity index (χ0n) is 8.23. The Morgan fingerprint density at radius 2 is 2.07 bits per heavy atom. The molecule has 0 aliphatic heterocycles. The molecule has 0 bridgehead atoms. The van der Waals surface area contributed by atoms with Crippen molar-refractivity contribution < 1.29 is 9.15 Å². The molecule has 15 heavy (non-hydrogen) atoms. The second kappa shape index (κ2) is 4.84. The first-order valence-electron chi connectivity index (χ1n) is 4.47. The monoisotopic (exact) mass is 226 g/mol. The highest BCUT2D eigenvalue weighted by Crippen LogP contribution is 2.16. The van der Waals surface area contributed by atoms with Crippen molar-refractivity contribution in [2.45, 2.75) is 6.92 Å². The molecule has 1 aromatic heterocycles. The second-order valence-corrected chi connectivity index (χ2v) is 2.87. The van der Waals surface area contributed by atoms with Crippen molar-refractivity contribution in [3.05, 3.63) is 40.8 Å². The van der Waals surface area contributed by atoms with Gasteiger partial charge >= 0.3 is 5.63 Å². The fourth-order valence-electron chi connectivity index (χ4n) is 1.30. The Balaban J connectivity index is 0.00000112. The maximum atomic E-state index is 11.3. The van der Waals surface area contributed by atoms with Gasteiger partial charge in [-0.15, -0.1) is 12.4 Å². The molecule has 2 rings (SSSR count). The molecule has 0 unspecified atom stereocenters. The lowest BCUT2D eigenvalue weighted by atomic mass is 10.2. The molecular weight excluding hydrogens is 216 g/mol. The lowest BCUT2D eigenvalue weighted by Gasteiger charge is -2.01. The van der Waals surface area contributed by atoms with Gasteiger partial charge in [0.2, 0.25) is 5.75 Å². The van der Waals surface area contributed by atoms with Crippen LogP contribution in [0.1, 0.15) is 6.92 Å². The lowest BCUT2D eigenvalue weighted by Crippen LogP contribution is -2.05. The number of halogens is 1. The summed E-state index contributed by atoms with van der Waals surface area (Å²) < 4.78 is 10.2. The van der Waals surface area contributed by atoms with Gasteiger partial charge in [0.1, 0.15) is 5.58 Å². The van der Waals surface area contributed by atoms with Crippen molar-refractivity contribution in [1.29, 1.82) is 0 Å². The molecular formula is C11H11ClO3. The average Bonchev–Trinajstić information content (AvgIpc) is 2.19. The lowest BCUT2D eigenvalue weighted by molar-refractivity contribution is 0.322. The first kappa shape index (κ1) is 11.6. The number of fused-ring (bicyclic) bond motifs is 1. The SMILES string of the molecule is CCOc1cc2ccccc2oc1=O.Cl. The van der Waals surface area contributed by atoms with Crippen LogP contribution in [0.2, 0.25) is 0 Å². The van der Waals surface area contributed by atoms with Crippen LogP contribution in [0.15, 0.2) is 39.5 Å². The van der Waals surface area contributed by atoms with E-state index in [-0.39, 0.29) is 18.2 Å². The molecule has 0 N–H and O–H groups in total. The van der Waals surface area contributed by atoms with E-state index < -0.39 is 5.63 Å². The van der Waals surface area contributed by atoms with E-state index in [1.54, 1.807) is 12.1 Å². The number of ether oxygens (including phenoxy) is 1. The van der Waals surface area contributed by atoms with Crippen molar-refractivity contribution in [2.24, 2.45) is 0 Å². The summed E-state index contributed by atoms with van der Waals surface area (Å²) in [6.45, 7) is 2.29. The third-order valence-electron chi connectivity index (χ3n) is 1.91. The third kappa shape index (κ3) is 2.30. The van der Waals surface area contributed by atoms with Crippen LogP contribution in [-0.4, -0.2) is 6.61 Å². The number of para-hydroxylation sites is 1. The Bertz CT molecular complexity index is 504. The van der Waals surface area contributed by atoms with Gasteiger partial charge in [-0.05, 0) is 19.1 Å². The van der Waals surface area contributed by atoms with Crippen molar-refractivity contribution in [1.82, 2.24) is 0 Å². The zero-order chi connectivity index (χ0) is 9.97. The van der Waals surface area contributed by atoms with Crippen molar-refractivity contribution in [3.8, 4) is 5.75 Å². The Labute approximate surface area is 93.1 Å². The number of rotatable bonds is 2.